The van der Waals surface area contributed by atoms with E-state index in [2.05, 4.69) is 22.0 Å². The molecule has 0 aromatic heterocycles. The molecule has 0 saturated carbocycles. The molecule has 4 heteroatoms. The predicted molar refractivity (Wildman–Crippen MR) is 78.5 cm³/mol. The van der Waals surface area contributed by atoms with E-state index in [0.29, 0.717) is 13.2 Å². The minimum Gasteiger partial charge on any atom is -0.493 e. The maximum atomic E-state index is 5.68. The first-order valence-electron chi connectivity index (χ1n) is 6.51. The fraction of sp³-hybridized carbons (Fsp3) is 0.571. The van der Waals surface area contributed by atoms with E-state index in [1.54, 1.807) is 0 Å². The number of aryl methyl sites for hydroxylation is 1. The molecule has 0 heterocycles. The van der Waals surface area contributed by atoms with Crippen LogP contribution in [0.3, 0.4) is 0 Å². The Morgan fingerprint density at radius 2 is 1.72 bits per heavy atom. The molecule has 0 unspecified atom stereocenters. The van der Waals surface area contributed by atoms with Crippen molar-refractivity contribution >= 4 is 15.9 Å². The van der Waals surface area contributed by atoms with Gasteiger partial charge in [-0.05, 0) is 67.2 Å². The van der Waals surface area contributed by atoms with E-state index >= 15 is 0 Å². The van der Waals surface area contributed by atoms with Crippen LogP contribution in [0.15, 0.2) is 16.6 Å². The summed E-state index contributed by atoms with van der Waals surface area (Å²) in [5.41, 5.74) is 6.73. The van der Waals surface area contributed by atoms with Crippen molar-refractivity contribution in [1.29, 1.82) is 0 Å². The Bertz CT molecular complexity index is 369. The predicted octanol–water partition coefficient (Wildman–Crippen LogP) is 3.53. The van der Waals surface area contributed by atoms with Gasteiger partial charge in [0.2, 0.25) is 0 Å². The van der Waals surface area contributed by atoms with E-state index in [-0.39, 0.29) is 0 Å². The third-order valence-corrected chi connectivity index (χ3v) is 3.23. The average molecular weight is 316 g/mol. The molecule has 0 atom stereocenters. The zero-order valence-corrected chi connectivity index (χ0v) is 12.8. The SMILES string of the molecule is CCOc1cc(OCC)c(CCCCN)cc1Br. The van der Waals surface area contributed by atoms with Gasteiger partial charge in [-0.2, -0.15) is 0 Å². The Kier molecular flexibility index (Phi) is 7.13. The fourth-order valence-electron chi connectivity index (χ4n) is 1.79. The first-order valence-corrected chi connectivity index (χ1v) is 7.30. The van der Waals surface area contributed by atoms with Gasteiger partial charge >= 0.3 is 0 Å². The van der Waals surface area contributed by atoms with Gasteiger partial charge in [0.15, 0.2) is 0 Å². The lowest BCUT2D eigenvalue weighted by atomic mass is 10.1. The number of unbranched alkanes of at least 4 members (excludes halogenated alkanes) is 1. The van der Waals surface area contributed by atoms with Crippen LogP contribution in [-0.2, 0) is 6.42 Å². The molecule has 2 N–H and O–H groups in total. The molecule has 0 spiro atoms. The molecule has 0 amide bonds. The number of rotatable bonds is 8. The van der Waals surface area contributed by atoms with Crippen LogP contribution in [0, 0.1) is 0 Å². The Morgan fingerprint density at radius 3 is 2.33 bits per heavy atom. The second-order valence-electron chi connectivity index (χ2n) is 4.00. The monoisotopic (exact) mass is 315 g/mol. The summed E-state index contributed by atoms with van der Waals surface area (Å²) >= 11 is 3.54. The average Bonchev–Trinajstić information content (AvgIpc) is 2.35. The maximum Gasteiger partial charge on any atom is 0.137 e. The molecule has 1 rings (SSSR count). The summed E-state index contributed by atoms with van der Waals surface area (Å²) in [6.45, 7) is 6.02. The van der Waals surface area contributed by atoms with Crippen molar-refractivity contribution in [2.45, 2.75) is 33.1 Å². The van der Waals surface area contributed by atoms with Crippen molar-refractivity contribution in [2.75, 3.05) is 19.8 Å². The standard InChI is InChI=1S/C14H22BrNO2/c1-3-17-13-10-14(18-4-2)12(15)9-11(13)7-5-6-8-16/h9-10H,3-8,16H2,1-2H3. The summed E-state index contributed by atoms with van der Waals surface area (Å²) in [6.07, 6.45) is 3.10. The van der Waals surface area contributed by atoms with Crippen LogP contribution in [0.4, 0.5) is 0 Å². The maximum absolute atomic E-state index is 5.68. The Hall–Kier alpha value is -0.740. The largest absolute Gasteiger partial charge is 0.493 e. The number of benzene rings is 1. The third kappa shape index (κ3) is 4.50. The van der Waals surface area contributed by atoms with Crippen LogP contribution < -0.4 is 15.2 Å². The molecule has 3 nitrogen and oxygen atoms in total. The van der Waals surface area contributed by atoms with Crippen molar-refractivity contribution in [3.63, 3.8) is 0 Å². The van der Waals surface area contributed by atoms with Crippen LogP contribution in [-0.4, -0.2) is 19.8 Å². The van der Waals surface area contributed by atoms with Crippen molar-refractivity contribution < 1.29 is 9.47 Å². The van der Waals surface area contributed by atoms with Gasteiger partial charge in [0.1, 0.15) is 11.5 Å². The quantitative estimate of drug-likeness (QED) is 0.746. The summed E-state index contributed by atoms with van der Waals surface area (Å²) in [7, 11) is 0. The van der Waals surface area contributed by atoms with Crippen LogP contribution in [0.25, 0.3) is 0 Å². The van der Waals surface area contributed by atoms with Crippen LogP contribution >= 0.6 is 15.9 Å². The van der Waals surface area contributed by atoms with Crippen LogP contribution in [0.2, 0.25) is 0 Å². The van der Waals surface area contributed by atoms with Crippen LogP contribution in [0.1, 0.15) is 32.3 Å². The highest BCUT2D eigenvalue weighted by molar-refractivity contribution is 9.10. The van der Waals surface area contributed by atoms with Gasteiger partial charge in [-0.15, -0.1) is 0 Å². The Morgan fingerprint density at radius 1 is 1.06 bits per heavy atom. The lowest BCUT2D eigenvalue weighted by Gasteiger charge is -2.14. The van der Waals surface area contributed by atoms with E-state index in [0.717, 1.165) is 41.8 Å². The lowest BCUT2D eigenvalue weighted by Crippen LogP contribution is -2.02. The van der Waals surface area contributed by atoms with Gasteiger partial charge < -0.3 is 15.2 Å². The van der Waals surface area contributed by atoms with Gasteiger partial charge in [-0.25, -0.2) is 0 Å². The number of nitrogens with two attached hydrogens (primary N) is 1. The van der Waals surface area contributed by atoms with E-state index in [4.69, 9.17) is 15.2 Å². The van der Waals surface area contributed by atoms with Crippen molar-refractivity contribution in [3.8, 4) is 11.5 Å². The highest BCUT2D eigenvalue weighted by Crippen LogP contribution is 2.34. The summed E-state index contributed by atoms with van der Waals surface area (Å²) in [4.78, 5) is 0. The second-order valence-corrected chi connectivity index (χ2v) is 4.86. The molecule has 102 valence electrons. The molecule has 0 aliphatic rings. The normalized spacial score (nSPS) is 10.4. The van der Waals surface area contributed by atoms with E-state index in [9.17, 15) is 0 Å². The van der Waals surface area contributed by atoms with Gasteiger partial charge in [0.25, 0.3) is 0 Å². The van der Waals surface area contributed by atoms with Gasteiger partial charge in [0, 0.05) is 6.07 Å². The second kappa shape index (κ2) is 8.38. The van der Waals surface area contributed by atoms with Crippen molar-refractivity contribution in [1.82, 2.24) is 0 Å². The number of hydrogen-bond acceptors (Lipinski definition) is 3. The molecule has 0 aliphatic carbocycles. The molecular formula is C14H22BrNO2. The highest BCUT2D eigenvalue weighted by Gasteiger charge is 2.10. The molecule has 1 aromatic carbocycles. The molecule has 0 fully saturated rings. The summed E-state index contributed by atoms with van der Waals surface area (Å²) in [6, 6.07) is 4.06. The van der Waals surface area contributed by atoms with E-state index in [1.165, 1.54) is 5.56 Å². The van der Waals surface area contributed by atoms with Crippen molar-refractivity contribution in [2.24, 2.45) is 5.73 Å². The summed E-state index contributed by atoms with van der Waals surface area (Å²) in [5, 5.41) is 0. The minimum absolute atomic E-state index is 0.649. The molecule has 0 radical (unpaired) electrons. The highest BCUT2D eigenvalue weighted by atomic mass is 79.9. The number of ether oxygens (including phenoxy) is 2. The topological polar surface area (TPSA) is 44.5 Å². The lowest BCUT2D eigenvalue weighted by molar-refractivity contribution is 0.319. The molecule has 18 heavy (non-hydrogen) atoms. The smallest absolute Gasteiger partial charge is 0.137 e. The van der Waals surface area contributed by atoms with Crippen LogP contribution in [0.5, 0.6) is 11.5 Å². The first-order chi connectivity index (χ1) is 8.72. The van der Waals surface area contributed by atoms with E-state index in [1.807, 2.05) is 19.9 Å². The molecular weight excluding hydrogens is 294 g/mol. The number of halogens is 1. The molecule has 0 saturated heterocycles. The Balaban J connectivity index is 2.88. The summed E-state index contributed by atoms with van der Waals surface area (Å²) < 4.78 is 12.2. The van der Waals surface area contributed by atoms with Crippen molar-refractivity contribution in [3.05, 3.63) is 22.2 Å². The van der Waals surface area contributed by atoms with E-state index < -0.39 is 0 Å². The minimum atomic E-state index is 0.649. The van der Waals surface area contributed by atoms with Gasteiger partial charge in [-0.3, -0.25) is 0 Å². The van der Waals surface area contributed by atoms with Gasteiger partial charge in [-0.1, -0.05) is 0 Å². The molecule has 0 bridgehead atoms. The zero-order chi connectivity index (χ0) is 13.4. The number of hydrogen-bond donors (Lipinski definition) is 1. The van der Waals surface area contributed by atoms with Gasteiger partial charge in [0.05, 0.1) is 17.7 Å². The fourth-order valence-corrected chi connectivity index (χ4v) is 2.29. The first kappa shape index (κ1) is 15.3. The molecule has 1 aromatic rings. The molecule has 0 aliphatic heterocycles. The zero-order valence-electron chi connectivity index (χ0n) is 11.2. The summed E-state index contributed by atoms with van der Waals surface area (Å²) in [5.74, 6) is 1.75. The Labute approximate surface area is 118 Å². The third-order valence-electron chi connectivity index (χ3n) is 2.61.